The zero-order chi connectivity index (χ0) is 24.1. The molecule has 2 aromatic carbocycles. The molecule has 4 rings (SSSR count). The first-order valence-electron chi connectivity index (χ1n) is 10.9. The number of anilines is 3. The molecule has 2 aromatic heterocycles. The van der Waals surface area contributed by atoms with E-state index >= 15 is 0 Å². The first kappa shape index (κ1) is 23.6. The van der Waals surface area contributed by atoms with Crippen LogP contribution in [0.5, 0.6) is 5.75 Å². The van der Waals surface area contributed by atoms with Crippen molar-refractivity contribution in [2.75, 3.05) is 50.0 Å². The lowest BCUT2D eigenvalue weighted by atomic mass is 10.2. The molecular weight excluding hydrogens is 494 g/mol. The molecule has 4 aromatic rings. The third-order valence-electron chi connectivity index (χ3n) is 5.18. The van der Waals surface area contributed by atoms with Gasteiger partial charge in [-0.25, -0.2) is 0 Å². The summed E-state index contributed by atoms with van der Waals surface area (Å²) in [5.41, 5.74) is 5.20. The minimum atomic E-state index is 0.566. The first-order valence-corrected chi connectivity index (χ1v) is 11.7. The van der Waals surface area contributed by atoms with Crippen LogP contribution in [0.15, 0.2) is 70.4 Å². The summed E-state index contributed by atoms with van der Waals surface area (Å²) >= 11 is 3.45. The number of rotatable bonds is 9. The van der Waals surface area contributed by atoms with E-state index in [0.29, 0.717) is 18.4 Å². The number of nitrogens with one attached hydrogen (secondary N) is 1. The monoisotopic (exact) mass is 521 g/mol. The summed E-state index contributed by atoms with van der Waals surface area (Å²) in [5.74, 6) is 2.90. The van der Waals surface area contributed by atoms with Gasteiger partial charge in [0, 0.05) is 61.4 Å². The molecule has 2 heterocycles. The largest absolute Gasteiger partial charge is 0.492 e. The maximum atomic E-state index is 5.91. The molecule has 34 heavy (non-hydrogen) atoms. The molecule has 0 aliphatic heterocycles. The van der Waals surface area contributed by atoms with Crippen LogP contribution in [0.25, 0.3) is 10.9 Å². The van der Waals surface area contributed by atoms with Gasteiger partial charge in [0.25, 0.3) is 0 Å². The standard InChI is InChI=1S/C25H28BrN7O/c1-31(2)24-15-23(28-25(29-24)32(3)4)30-27-16-18-17-33(22-8-6-5-7-21(18)22)13-14-34-20-11-9-19(26)10-12-20/h5-12,15-17H,13-14H2,1-4H3,(H,28,29,30)/b27-16+. The average molecular weight is 522 g/mol. The van der Waals surface area contributed by atoms with Gasteiger partial charge in [0.1, 0.15) is 18.2 Å². The number of hydrazone groups is 1. The Morgan fingerprint density at radius 2 is 1.79 bits per heavy atom. The molecule has 0 saturated carbocycles. The molecule has 0 fully saturated rings. The maximum absolute atomic E-state index is 5.91. The van der Waals surface area contributed by atoms with Gasteiger partial charge in [-0.2, -0.15) is 15.1 Å². The summed E-state index contributed by atoms with van der Waals surface area (Å²) in [6, 6.07) is 18.0. The molecule has 8 nitrogen and oxygen atoms in total. The van der Waals surface area contributed by atoms with E-state index in [1.807, 2.05) is 86.7 Å². The summed E-state index contributed by atoms with van der Waals surface area (Å²) in [7, 11) is 7.72. The van der Waals surface area contributed by atoms with E-state index in [1.165, 1.54) is 0 Å². The fourth-order valence-electron chi connectivity index (χ4n) is 3.43. The third kappa shape index (κ3) is 5.66. The second-order valence-corrected chi connectivity index (χ2v) is 9.08. The Morgan fingerprint density at radius 1 is 1.03 bits per heavy atom. The Balaban J connectivity index is 1.49. The smallest absolute Gasteiger partial charge is 0.228 e. The van der Waals surface area contributed by atoms with Gasteiger partial charge >= 0.3 is 0 Å². The number of ether oxygens (including phenoxy) is 1. The molecule has 9 heteroatoms. The molecule has 176 valence electrons. The number of halogens is 1. The van der Waals surface area contributed by atoms with Crippen molar-refractivity contribution in [1.29, 1.82) is 0 Å². The van der Waals surface area contributed by atoms with Crippen LogP contribution in [0.1, 0.15) is 5.56 Å². The summed E-state index contributed by atoms with van der Waals surface area (Å²) < 4.78 is 9.14. The molecule has 0 aliphatic rings. The second kappa shape index (κ2) is 10.6. The van der Waals surface area contributed by atoms with Crippen molar-refractivity contribution in [1.82, 2.24) is 14.5 Å². The lowest BCUT2D eigenvalue weighted by Gasteiger charge is -2.16. The summed E-state index contributed by atoms with van der Waals surface area (Å²) in [5, 5.41) is 5.59. The second-order valence-electron chi connectivity index (χ2n) is 8.17. The van der Waals surface area contributed by atoms with Crippen molar-refractivity contribution in [2.45, 2.75) is 6.54 Å². The van der Waals surface area contributed by atoms with Crippen LogP contribution in [0, 0.1) is 0 Å². The predicted octanol–water partition coefficient (Wildman–Crippen LogP) is 4.85. The van der Waals surface area contributed by atoms with E-state index in [-0.39, 0.29) is 0 Å². The summed E-state index contributed by atoms with van der Waals surface area (Å²) in [6.07, 6.45) is 3.92. The van der Waals surface area contributed by atoms with E-state index in [1.54, 1.807) is 0 Å². The molecule has 0 radical (unpaired) electrons. The van der Waals surface area contributed by atoms with Gasteiger partial charge in [0.15, 0.2) is 5.82 Å². The van der Waals surface area contributed by atoms with Crippen molar-refractivity contribution in [3.8, 4) is 5.75 Å². The van der Waals surface area contributed by atoms with Crippen molar-refractivity contribution in [3.63, 3.8) is 0 Å². The molecule has 0 saturated heterocycles. The maximum Gasteiger partial charge on any atom is 0.228 e. The fraction of sp³-hybridized carbons (Fsp3) is 0.240. The van der Waals surface area contributed by atoms with E-state index in [9.17, 15) is 0 Å². The topological polar surface area (TPSA) is 70.8 Å². The fourth-order valence-corrected chi connectivity index (χ4v) is 3.70. The number of hydrogen-bond acceptors (Lipinski definition) is 7. The normalized spacial score (nSPS) is 11.2. The molecular formula is C25H28BrN7O. The van der Waals surface area contributed by atoms with Crippen molar-refractivity contribution in [3.05, 3.63) is 70.8 Å². The number of nitrogens with zero attached hydrogens (tertiary/aromatic N) is 6. The quantitative estimate of drug-likeness (QED) is 0.250. The zero-order valence-corrected chi connectivity index (χ0v) is 21.3. The van der Waals surface area contributed by atoms with Crippen LogP contribution in [-0.4, -0.2) is 55.5 Å². The lowest BCUT2D eigenvalue weighted by Crippen LogP contribution is -2.17. The predicted molar refractivity (Wildman–Crippen MR) is 143 cm³/mol. The average Bonchev–Trinajstić information content (AvgIpc) is 3.18. The van der Waals surface area contributed by atoms with E-state index < -0.39 is 0 Å². The van der Waals surface area contributed by atoms with Crippen LogP contribution in [0.2, 0.25) is 0 Å². The highest BCUT2D eigenvalue weighted by atomic mass is 79.9. The lowest BCUT2D eigenvalue weighted by molar-refractivity contribution is 0.300. The summed E-state index contributed by atoms with van der Waals surface area (Å²) in [6.45, 7) is 1.29. The van der Waals surface area contributed by atoms with Crippen LogP contribution < -0.4 is 20.0 Å². The Morgan fingerprint density at radius 3 is 2.53 bits per heavy atom. The highest BCUT2D eigenvalue weighted by molar-refractivity contribution is 9.10. The molecule has 0 amide bonds. The van der Waals surface area contributed by atoms with Crippen LogP contribution >= 0.6 is 15.9 Å². The molecule has 0 spiro atoms. The van der Waals surface area contributed by atoms with Gasteiger partial charge < -0.3 is 19.1 Å². The van der Waals surface area contributed by atoms with Gasteiger partial charge in [-0.15, -0.1) is 0 Å². The molecule has 0 unspecified atom stereocenters. The highest BCUT2D eigenvalue weighted by Crippen LogP contribution is 2.22. The molecule has 0 atom stereocenters. The zero-order valence-electron chi connectivity index (χ0n) is 19.7. The Kier molecular flexibility index (Phi) is 7.32. The van der Waals surface area contributed by atoms with Gasteiger partial charge in [-0.1, -0.05) is 34.1 Å². The summed E-state index contributed by atoms with van der Waals surface area (Å²) in [4.78, 5) is 12.9. The van der Waals surface area contributed by atoms with E-state index in [4.69, 9.17) is 4.74 Å². The van der Waals surface area contributed by atoms with Gasteiger partial charge in [0.05, 0.1) is 12.8 Å². The number of hydrogen-bond donors (Lipinski definition) is 1. The van der Waals surface area contributed by atoms with Crippen LogP contribution in [-0.2, 0) is 6.54 Å². The molecule has 1 N–H and O–H groups in total. The van der Waals surface area contributed by atoms with Crippen LogP contribution in [0.4, 0.5) is 17.6 Å². The Hall–Kier alpha value is -3.59. The SMILES string of the molecule is CN(C)c1cc(N/N=C/c2cn(CCOc3ccc(Br)cc3)c3ccccc23)nc(N(C)C)n1. The van der Waals surface area contributed by atoms with Crippen molar-refractivity contribution in [2.24, 2.45) is 5.10 Å². The van der Waals surface area contributed by atoms with Gasteiger partial charge in [-0.05, 0) is 30.3 Å². The minimum absolute atomic E-state index is 0.566. The molecule has 0 aliphatic carbocycles. The minimum Gasteiger partial charge on any atom is -0.492 e. The number of para-hydroxylation sites is 1. The Labute approximate surface area is 208 Å². The highest BCUT2D eigenvalue weighted by Gasteiger charge is 2.09. The van der Waals surface area contributed by atoms with E-state index in [0.717, 1.165) is 39.1 Å². The third-order valence-corrected chi connectivity index (χ3v) is 5.70. The van der Waals surface area contributed by atoms with Gasteiger partial charge in [0.2, 0.25) is 5.95 Å². The number of benzene rings is 2. The van der Waals surface area contributed by atoms with E-state index in [2.05, 4.69) is 59.3 Å². The number of aromatic nitrogens is 3. The van der Waals surface area contributed by atoms with Gasteiger partial charge in [-0.3, -0.25) is 5.43 Å². The molecule has 0 bridgehead atoms. The first-order chi connectivity index (χ1) is 16.4. The van der Waals surface area contributed by atoms with Crippen LogP contribution in [0.3, 0.4) is 0 Å². The number of fused-ring (bicyclic) bond motifs is 1. The Bertz CT molecular complexity index is 1260. The van der Waals surface area contributed by atoms with Crippen molar-refractivity contribution >= 4 is 50.6 Å². The van der Waals surface area contributed by atoms with Crippen molar-refractivity contribution < 1.29 is 4.74 Å².